The fourth-order valence-corrected chi connectivity index (χ4v) is 3.75. The molecule has 7 nitrogen and oxygen atoms in total. The summed E-state index contributed by atoms with van der Waals surface area (Å²) in [7, 11) is 0. The normalized spacial score (nSPS) is 26.1. The van der Waals surface area contributed by atoms with Crippen molar-refractivity contribution < 1.29 is 9.53 Å². The van der Waals surface area contributed by atoms with Gasteiger partial charge in [-0.3, -0.25) is 9.69 Å². The number of hydrogen-bond donors (Lipinski definition) is 3. The minimum absolute atomic E-state index is 0.0331. The summed E-state index contributed by atoms with van der Waals surface area (Å²) in [6.45, 7) is 3.65. The Hall–Kier alpha value is -1.70. The minimum atomic E-state index is -0.0331. The number of aromatic nitrogens is 1. The third-order valence-corrected chi connectivity index (χ3v) is 5.27. The summed E-state index contributed by atoms with van der Waals surface area (Å²) in [4.78, 5) is 19.2. The van der Waals surface area contributed by atoms with E-state index in [-0.39, 0.29) is 17.9 Å². The van der Waals surface area contributed by atoms with Gasteiger partial charge in [0.05, 0.1) is 5.92 Å². The van der Waals surface area contributed by atoms with E-state index in [1.54, 1.807) is 6.20 Å². The van der Waals surface area contributed by atoms with E-state index < -0.39 is 0 Å². The summed E-state index contributed by atoms with van der Waals surface area (Å²) >= 11 is 0. The molecule has 2 aliphatic heterocycles. The number of carbonyl (C=O) groups excluding carboxylic acids is 1. The van der Waals surface area contributed by atoms with E-state index in [1.807, 2.05) is 12.1 Å². The Labute approximate surface area is 149 Å². The largest absolute Gasteiger partial charge is 0.383 e. The molecular formula is C18H29N5O2. The summed E-state index contributed by atoms with van der Waals surface area (Å²) in [6, 6.07) is 4.33. The highest BCUT2D eigenvalue weighted by atomic mass is 16.5. The molecule has 1 aromatic rings. The van der Waals surface area contributed by atoms with E-state index >= 15 is 0 Å². The van der Waals surface area contributed by atoms with Gasteiger partial charge in [-0.1, -0.05) is 6.07 Å². The third kappa shape index (κ3) is 4.90. The van der Waals surface area contributed by atoms with Gasteiger partial charge in [-0.05, 0) is 31.7 Å². The molecule has 2 atom stereocenters. The van der Waals surface area contributed by atoms with Crippen LogP contribution in [0.5, 0.6) is 0 Å². The van der Waals surface area contributed by atoms with Crippen LogP contribution in [0, 0.1) is 5.92 Å². The van der Waals surface area contributed by atoms with Crippen LogP contribution < -0.4 is 16.8 Å². The van der Waals surface area contributed by atoms with Crippen LogP contribution >= 0.6 is 0 Å². The molecule has 1 amide bonds. The second kappa shape index (κ2) is 8.60. The average molecular weight is 347 g/mol. The van der Waals surface area contributed by atoms with E-state index in [9.17, 15) is 4.79 Å². The van der Waals surface area contributed by atoms with Crippen molar-refractivity contribution in [2.24, 2.45) is 11.7 Å². The van der Waals surface area contributed by atoms with Crippen molar-refractivity contribution in [3.05, 3.63) is 23.9 Å². The van der Waals surface area contributed by atoms with Crippen molar-refractivity contribution in [1.29, 1.82) is 0 Å². The molecule has 0 unspecified atom stereocenters. The van der Waals surface area contributed by atoms with Crippen LogP contribution in [0.1, 0.15) is 31.2 Å². The Morgan fingerprint density at radius 3 is 2.84 bits per heavy atom. The molecule has 1 aromatic heterocycles. The first-order valence-corrected chi connectivity index (χ1v) is 9.18. The molecule has 2 fully saturated rings. The topological polar surface area (TPSA) is 106 Å². The van der Waals surface area contributed by atoms with Crippen LogP contribution in [0.3, 0.4) is 0 Å². The summed E-state index contributed by atoms with van der Waals surface area (Å²) in [5.41, 5.74) is 12.9. The number of pyridine rings is 1. The Morgan fingerprint density at radius 2 is 2.08 bits per heavy atom. The second-order valence-corrected chi connectivity index (χ2v) is 7.10. The van der Waals surface area contributed by atoms with E-state index in [0.29, 0.717) is 18.4 Å². The van der Waals surface area contributed by atoms with Gasteiger partial charge >= 0.3 is 0 Å². The molecule has 0 aliphatic carbocycles. The number of ether oxygens (including phenoxy) is 1. The number of hydrogen-bond acceptors (Lipinski definition) is 6. The van der Waals surface area contributed by atoms with Gasteiger partial charge in [-0.25, -0.2) is 4.98 Å². The number of likely N-dealkylation sites (tertiary alicyclic amines) is 1. The first-order chi connectivity index (χ1) is 12.1. The summed E-state index contributed by atoms with van der Waals surface area (Å²) in [5, 5.41) is 3.02. The molecule has 7 heteroatoms. The van der Waals surface area contributed by atoms with Gasteiger partial charge in [0.1, 0.15) is 5.82 Å². The smallest absolute Gasteiger partial charge is 0.224 e. The average Bonchev–Trinajstić information content (AvgIpc) is 2.83. The van der Waals surface area contributed by atoms with Gasteiger partial charge in [0, 0.05) is 56.7 Å². The second-order valence-electron chi connectivity index (χ2n) is 7.10. The number of nitrogens with one attached hydrogen (secondary N) is 1. The van der Waals surface area contributed by atoms with Gasteiger partial charge in [-0.15, -0.1) is 0 Å². The number of carbonyl (C=O) groups is 1. The van der Waals surface area contributed by atoms with Crippen molar-refractivity contribution in [3.63, 3.8) is 0 Å². The number of anilines is 1. The van der Waals surface area contributed by atoms with Crippen molar-refractivity contribution in [2.45, 2.75) is 44.3 Å². The van der Waals surface area contributed by atoms with Crippen LogP contribution in [0.2, 0.25) is 0 Å². The van der Waals surface area contributed by atoms with E-state index in [0.717, 1.165) is 57.6 Å². The molecule has 25 heavy (non-hydrogen) atoms. The number of nitrogens with two attached hydrogens (primary N) is 2. The maximum absolute atomic E-state index is 12.7. The molecule has 2 saturated heterocycles. The standard InChI is InChI=1S/C18H29N5O2/c19-15-4-3-14(11-23(12-15)16-5-8-25-9-6-16)18(24)22-10-13-2-1-7-21-17(13)20/h1-2,7,14-16H,3-6,8-12,19H2,(H2,20,21)(H,22,24)/t14-,15+/m1/s1. The Kier molecular flexibility index (Phi) is 6.23. The number of nitrogen functional groups attached to an aromatic ring is 1. The first-order valence-electron chi connectivity index (χ1n) is 9.18. The molecule has 2 aliphatic rings. The van der Waals surface area contributed by atoms with Crippen molar-refractivity contribution in [2.75, 3.05) is 32.0 Å². The van der Waals surface area contributed by atoms with Gasteiger partial charge in [-0.2, -0.15) is 0 Å². The Bertz CT molecular complexity index is 576. The maximum Gasteiger partial charge on any atom is 0.224 e. The molecule has 0 bridgehead atoms. The van der Waals surface area contributed by atoms with E-state index in [4.69, 9.17) is 16.2 Å². The quantitative estimate of drug-likeness (QED) is 0.732. The van der Waals surface area contributed by atoms with Crippen LogP contribution in [0.4, 0.5) is 5.82 Å². The van der Waals surface area contributed by atoms with Gasteiger partial charge in [0.25, 0.3) is 0 Å². The van der Waals surface area contributed by atoms with Crippen LogP contribution in [-0.2, 0) is 16.1 Å². The fraction of sp³-hybridized carbons (Fsp3) is 0.667. The molecule has 3 rings (SSSR count). The molecular weight excluding hydrogens is 318 g/mol. The number of rotatable bonds is 4. The lowest BCUT2D eigenvalue weighted by atomic mass is 10.0. The highest BCUT2D eigenvalue weighted by molar-refractivity contribution is 5.79. The molecule has 3 heterocycles. The zero-order valence-electron chi connectivity index (χ0n) is 14.7. The SMILES string of the molecule is Nc1ncccc1CNC(=O)[C@@H]1CC[C@H](N)CN(C2CCOCC2)C1. The molecule has 0 saturated carbocycles. The number of amides is 1. The van der Waals surface area contributed by atoms with Crippen LogP contribution in [-0.4, -0.2) is 54.2 Å². The minimum Gasteiger partial charge on any atom is -0.383 e. The zero-order chi connectivity index (χ0) is 17.6. The molecule has 0 aromatic carbocycles. The Balaban J connectivity index is 1.59. The van der Waals surface area contributed by atoms with Crippen LogP contribution in [0.25, 0.3) is 0 Å². The van der Waals surface area contributed by atoms with Crippen molar-refractivity contribution >= 4 is 11.7 Å². The highest BCUT2D eigenvalue weighted by Crippen LogP contribution is 2.22. The van der Waals surface area contributed by atoms with Crippen molar-refractivity contribution in [1.82, 2.24) is 15.2 Å². The summed E-state index contributed by atoms with van der Waals surface area (Å²) in [5.74, 6) is 0.512. The monoisotopic (exact) mass is 347 g/mol. The van der Waals surface area contributed by atoms with E-state index in [2.05, 4.69) is 15.2 Å². The predicted molar refractivity (Wildman–Crippen MR) is 96.6 cm³/mol. The Morgan fingerprint density at radius 1 is 1.28 bits per heavy atom. The lowest BCUT2D eigenvalue weighted by Crippen LogP contribution is -2.47. The van der Waals surface area contributed by atoms with Gasteiger partial charge < -0.3 is 21.5 Å². The molecule has 0 spiro atoms. The third-order valence-electron chi connectivity index (χ3n) is 5.27. The maximum atomic E-state index is 12.7. The molecule has 5 N–H and O–H groups in total. The van der Waals surface area contributed by atoms with Crippen molar-refractivity contribution in [3.8, 4) is 0 Å². The molecule has 0 radical (unpaired) electrons. The van der Waals surface area contributed by atoms with Gasteiger partial charge in [0.15, 0.2) is 0 Å². The van der Waals surface area contributed by atoms with Gasteiger partial charge in [0.2, 0.25) is 5.91 Å². The number of nitrogens with zero attached hydrogens (tertiary/aromatic N) is 2. The predicted octanol–water partition coefficient (Wildman–Crippen LogP) is 0.498. The summed E-state index contributed by atoms with van der Waals surface area (Å²) < 4.78 is 5.47. The molecule has 138 valence electrons. The highest BCUT2D eigenvalue weighted by Gasteiger charge is 2.31. The zero-order valence-corrected chi connectivity index (χ0v) is 14.7. The lowest BCUT2D eigenvalue weighted by Gasteiger charge is -2.35. The lowest BCUT2D eigenvalue weighted by molar-refractivity contribution is -0.126. The van der Waals surface area contributed by atoms with Crippen LogP contribution in [0.15, 0.2) is 18.3 Å². The van der Waals surface area contributed by atoms with E-state index in [1.165, 1.54) is 0 Å². The summed E-state index contributed by atoms with van der Waals surface area (Å²) in [6.07, 6.45) is 5.40. The fourth-order valence-electron chi connectivity index (χ4n) is 3.75. The first kappa shape index (κ1) is 18.1.